The molecule has 24 heteroatoms. The standard InChI is InChI=1S/C51H57ClN2O21/c1-24(53-51(63)67-21-38-36-15-11-9-13-34(36)35-14-10-12-16-37(35)38)48(62)54-33-17-18-39(52)32(19-33)20-66-49-46(71-30(7)60)45(70-29(6)59)43(41(73-49)23-65-26(3)56)75-50-47(72-31(8)61)44(69-28(5)58)42(68-27(4)57)40(74-50)22-64-25(2)55/h9-19,24,38,40-47,49-50H,20-23H2,1-8H3,(H,53,63)(H,54,62)/t24-,40+,41+,42+,43+,44-,45-,46+,47+,49+,50+/m0/s1. The second-order valence-corrected chi connectivity index (χ2v) is 17.9. The zero-order chi connectivity index (χ0) is 54.7. The predicted octanol–water partition coefficient (Wildman–Crippen LogP) is 4.34. The smallest absolute Gasteiger partial charge is 0.407 e. The Hall–Kier alpha value is -7.18. The minimum absolute atomic E-state index is 0.0277. The Bertz CT molecular complexity index is 2580. The van der Waals surface area contributed by atoms with Gasteiger partial charge in [-0.05, 0) is 52.9 Å². The van der Waals surface area contributed by atoms with E-state index in [2.05, 4.69) is 10.6 Å². The van der Waals surface area contributed by atoms with Crippen LogP contribution in [-0.4, -0.2) is 141 Å². The van der Waals surface area contributed by atoms with E-state index >= 15 is 0 Å². The van der Waals surface area contributed by atoms with E-state index in [-0.39, 0.29) is 28.8 Å². The number of esters is 7. The van der Waals surface area contributed by atoms with Gasteiger partial charge in [0.1, 0.15) is 44.2 Å². The third-order valence-electron chi connectivity index (χ3n) is 11.7. The maximum atomic E-state index is 13.4. The quantitative estimate of drug-likeness (QED) is 0.125. The van der Waals surface area contributed by atoms with E-state index in [9.17, 15) is 43.2 Å². The molecule has 0 unspecified atom stereocenters. The van der Waals surface area contributed by atoms with Crippen LogP contribution in [0.15, 0.2) is 66.7 Å². The van der Waals surface area contributed by atoms with Crippen molar-refractivity contribution < 1.29 is 100.0 Å². The molecule has 23 nitrogen and oxygen atoms in total. The van der Waals surface area contributed by atoms with E-state index in [4.69, 9.17) is 68.4 Å². The number of hydrogen-bond acceptors (Lipinski definition) is 21. The molecule has 3 aromatic rings. The minimum atomic E-state index is -1.89. The molecule has 1 aliphatic carbocycles. The van der Waals surface area contributed by atoms with Crippen LogP contribution in [0.1, 0.15) is 78.0 Å². The van der Waals surface area contributed by atoms with Crippen molar-refractivity contribution in [1.82, 2.24) is 5.32 Å². The van der Waals surface area contributed by atoms with E-state index in [1.54, 1.807) is 0 Å². The Kier molecular flexibility index (Phi) is 19.7. The largest absolute Gasteiger partial charge is 0.463 e. The topological polar surface area (TPSA) is 288 Å². The molecule has 0 spiro atoms. The second kappa shape index (κ2) is 25.9. The summed E-state index contributed by atoms with van der Waals surface area (Å²) in [6, 6.07) is 19.0. The summed E-state index contributed by atoms with van der Waals surface area (Å²) < 4.78 is 68.9. The maximum absolute atomic E-state index is 13.4. The van der Waals surface area contributed by atoms with Crippen LogP contribution in [0.25, 0.3) is 11.1 Å². The molecule has 2 fully saturated rings. The fourth-order valence-corrected chi connectivity index (χ4v) is 8.85. The first-order valence-corrected chi connectivity index (χ1v) is 23.9. The molecular weight excluding hydrogens is 1010 g/mol. The van der Waals surface area contributed by atoms with Crippen molar-refractivity contribution in [2.75, 3.05) is 25.1 Å². The third kappa shape index (κ3) is 15.2. The second-order valence-electron chi connectivity index (χ2n) is 17.5. The van der Waals surface area contributed by atoms with Gasteiger partial charge in [-0.1, -0.05) is 60.1 Å². The van der Waals surface area contributed by atoms with Gasteiger partial charge in [0.15, 0.2) is 43.1 Å². The zero-order valence-electron chi connectivity index (χ0n) is 42.1. The first-order chi connectivity index (χ1) is 35.6. The number of alkyl carbamates (subject to hydrolysis) is 1. The average molecular weight is 1070 g/mol. The number of hydrogen-bond donors (Lipinski definition) is 2. The Morgan fingerprint density at radius 1 is 0.547 bits per heavy atom. The minimum Gasteiger partial charge on any atom is -0.463 e. The van der Waals surface area contributed by atoms with E-state index in [0.717, 1.165) is 70.7 Å². The molecule has 3 aliphatic rings. The van der Waals surface area contributed by atoms with Gasteiger partial charge in [-0.2, -0.15) is 0 Å². The summed E-state index contributed by atoms with van der Waals surface area (Å²) in [5, 5.41) is 5.39. The highest BCUT2D eigenvalue weighted by atomic mass is 35.5. The lowest BCUT2D eigenvalue weighted by Gasteiger charge is -2.48. The van der Waals surface area contributed by atoms with Gasteiger partial charge in [-0.3, -0.25) is 38.4 Å². The van der Waals surface area contributed by atoms with Gasteiger partial charge < -0.3 is 67.5 Å². The normalized spacial score (nSPS) is 24.1. The van der Waals surface area contributed by atoms with Gasteiger partial charge in [0.2, 0.25) is 5.91 Å². The van der Waals surface area contributed by atoms with Crippen molar-refractivity contribution >= 4 is 71.1 Å². The molecule has 0 bridgehead atoms. The number of fused-ring (bicyclic) bond motifs is 3. The molecule has 0 aromatic heterocycles. The first-order valence-electron chi connectivity index (χ1n) is 23.5. The molecule has 2 amide bonds. The molecular formula is C51H57ClN2O21. The molecule has 6 rings (SSSR count). The number of halogens is 1. The van der Waals surface area contributed by atoms with Crippen molar-refractivity contribution in [2.45, 2.75) is 135 Å². The van der Waals surface area contributed by atoms with E-state index in [1.807, 2.05) is 48.5 Å². The molecule has 11 atom stereocenters. The molecule has 2 N–H and O–H groups in total. The number of anilines is 1. The van der Waals surface area contributed by atoms with Crippen molar-refractivity contribution in [3.05, 3.63) is 88.4 Å². The Morgan fingerprint density at radius 2 is 1.01 bits per heavy atom. The number of amides is 2. The molecule has 404 valence electrons. The molecule has 75 heavy (non-hydrogen) atoms. The summed E-state index contributed by atoms with van der Waals surface area (Å²) in [7, 11) is 0. The van der Waals surface area contributed by atoms with Gasteiger partial charge in [-0.25, -0.2) is 4.79 Å². The summed E-state index contributed by atoms with van der Waals surface area (Å²) in [5.74, 6) is -7.09. The van der Waals surface area contributed by atoms with E-state index < -0.39 is 141 Å². The lowest BCUT2D eigenvalue weighted by Crippen LogP contribution is -2.67. The molecule has 3 aromatic carbocycles. The predicted molar refractivity (Wildman–Crippen MR) is 256 cm³/mol. The van der Waals surface area contributed by atoms with Crippen LogP contribution >= 0.6 is 11.6 Å². The summed E-state index contributed by atoms with van der Waals surface area (Å²) in [4.78, 5) is 114. The zero-order valence-corrected chi connectivity index (χ0v) is 42.8. The molecule has 2 heterocycles. The summed E-state index contributed by atoms with van der Waals surface area (Å²) >= 11 is 6.60. The van der Waals surface area contributed by atoms with Crippen molar-refractivity contribution in [3.63, 3.8) is 0 Å². The van der Waals surface area contributed by atoms with Crippen LogP contribution in [0, 0.1) is 0 Å². The van der Waals surface area contributed by atoms with Gasteiger partial charge in [0.05, 0.1) is 6.61 Å². The molecule has 0 saturated carbocycles. The third-order valence-corrected chi connectivity index (χ3v) is 12.0. The SMILES string of the molecule is CC(=O)OC[C@H]1O[C@H](O[C@H]2[C@H](OC(C)=O)[C@@H](OC(C)=O)[C@H](OCc3cc(NC(=O)[C@H](C)NC(=O)OCC4c5ccccc5-c5ccccc54)ccc3Cl)O[C@@H]2COC(C)=O)[C@H](OC(C)=O)[C@@H](OC(C)=O)[C@@H]1OC(C)=O. The van der Waals surface area contributed by atoms with Crippen LogP contribution in [0.4, 0.5) is 10.5 Å². The Morgan fingerprint density at radius 3 is 1.55 bits per heavy atom. The highest BCUT2D eigenvalue weighted by Crippen LogP contribution is 2.44. The monoisotopic (exact) mass is 1070 g/mol. The van der Waals surface area contributed by atoms with Crippen LogP contribution < -0.4 is 10.6 Å². The van der Waals surface area contributed by atoms with Crippen LogP contribution in [0.5, 0.6) is 0 Å². The van der Waals surface area contributed by atoms with E-state index in [1.165, 1.54) is 25.1 Å². The first kappa shape index (κ1) is 57.1. The van der Waals surface area contributed by atoms with Crippen LogP contribution in [0.2, 0.25) is 5.02 Å². The van der Waals surface area contributed by atoms with Gasteiger partial charge in [-0.15, -0.1) is 0 Å². The van der Waals surface area contributed by atoms with Crippen LogP contribution in [0.3, 0.4) is 0 Å². The van der Waals surface area contributed by atoms with E-state index in [0.29, 0.717) is 0 Å². The Balaban J connectivity index is 1.21. The number of nitrogens with one attached hydrogen (secondary N) is 2. The van der Waals surface area contributed by atoms with Gasteiger partial charge in [0, 0.05) is 65.1 Å². The van der Waals surface area contributed by atoms with Gasteiger partial charge >= 0.3 is 47.9 Å². The molecule has 2 aliphatic heterocycles. The van der Waals surface area contributed by atoms with Crippen molar-refractivity contribution in [2.24, 2.45) is 0 Å². The van der Waals surface area contributed by atoms with Gasteiger partial charge in [0.25, 0.3) is 0 Å². The number of carbonyl (C=O) groups is 9. The fraction of sp³-hybridized carbons (Fsp3) is 0.471. The summed E-state index contributed by atoms with van der Waals surface area (Å²) in [6.45, 7) is 7.07. The number of carbonyl (C=O) groups excluding carboxylic acids is 9. The fourth-order valence-electron chi connectivity index (χ4n) is 8.67. The van der Waals surface area contributed by atoms with Crippen molar-refractivity contribution in [3.8, 4) is 11.1 Å². The lowest BCUT2D eigenvalue weighted by atomic mass is 9.96. The molecule has 0 radical (unpaired) electrons. The average Bonchev–Trinajstić information content (AvgIpc) is 3.65. The molecule has 2 saturated heterocycles. The number of ether oxygens (including phenoxy) is 12. The van der Waals surface area contributed by atoms with Crippen LogP contribution in [-0.2, 0) is 102 Å². The Labute approximate surface area is 435 Å². The number of benzene rings is 3. The summed E-state index contributed by atoms with van der Waals surface area (Å²) in [5.41, 5.74) is 4.61. The lowest BCUT2D eigenvalue weighted by molar-refractivity contribution is -0.362. The van der Waals surface area contributed by atoms with Crippen molar-refractivity contribution in [1.29, 1.82) is 0 Å². The highest BCUT2D eigenvalue weighted by Gasteiger charge is 2.57. The maximum Gasteiger partial charge on any atom is 0.407 e. The number of rotatable bonds is 19. The highest BCUT2D eigenvalue weighted by molar-refractivity contribution is 6.31. The summed E-state index contributed by atoms with van der Waals surface area (Å²) in [6.07, 6.45) is -17.6.